The molecule has 0 saturated heterocycles. The molecule has 10 heteroatoms. The topological polar surface area (TPSA) is 84.9 Å². The number of carbonyl (C=O) groups is 1. The van der Waals surface area contributed by atoms with Gasteiger partial charge in [0.05, 0.1) is 24.3 Å². The van der Waals surface area contributed by atoms with E-state index in [2.05, 4.69) is 5.32 Å². The van der Waals surface area contributed by atoms with Crippen LogP contribution in [0.25, 0.3) is 0 Å². The zero-order valence-electron chi connectivity index (χ0n) is 16.5. The second-order valence-corrected chi connectivity index (χ2v) is 8.60. The molecule has 2 aromatic carbocycles. The lowest BCUT2D eigenvalue weighted by atomic mass is 10.1. The predicted octanol–water partition coefficient (Wildman–Crippen LogP) is 4.29. The summed E-state index contributed by atoms with van der Waals surface area (Å²) in [5.41, 5.74) is 0.492. The average molecular weight is 461 g/mol. The van der Waals surface area contributed by atoms with E-state index < -0.39 is 15.9 Å². The van der Waals surface area contributed by atoms with Crippen molar-refractivity contribution < 1.29 is 22.7 Å². The lowest BCUT2D eigenvalue weighted by Crippen LogP contribution is -2.30. The number of halogens is 2. The highest BCUT2D eigenvalue weighted by molar-refractivity contribution is 7.89. The molecule has 0 fully saturated rings. The highest BCUT2D eigenvalue weighted by atomic mass is 35.5. The second-order valence-electron chi connectivity index (χ2n) is 5.88. The molecule has 0 radical (unpaired) electrons. The number of ether oxygens (including phenoxy) is 2. The molecule has 1 amide bonds. The summed E-state index contributed by atoms with van der Waals surface area (Å²) in [5.74, 6) is 0.109. The predicted molar refractivity (Wildman–Crippen MR) is 114 cm³/mol. The molecule has 0 atom stereocenters. The fourth-order valence-electron chi connectivity index (χ4n) is 2.73. The minimum absolute atomic E-state index is 0.0732. The third-order valence-corrected chi connectivity index (χ3v) is 7.02. The van der Waals surface area contributed by atoms with Gasteiger partial charge in [-0.05, 0) is 30.3 Å². The van der Waals surface area contributed by atoms with Crippen LogP contribution in [-0.2, 0) is 10.0 Å². The van der Waals surface area contributed by atoms with Crippen molar-refractivity contribution in [3.05, 3.63) is 45.9 Å². The molecule has 2 rings (SSSR count). The van der Waals surface area contributed by atoms with Crippen LogP contribution in [0, 0.1) is 0 Å². The Kier molecular flexibility index (Phi) is 7.76. The molecule has 0 aliphatic heterocycles. The van der Waals surface area contributed by atoms with Gasteiger partial charge in [0.2, 0.25) is 10.0 Å². The fourth-order valence-corrected chi connectivity index (χ4v) is 4.98. The first-order chi connectivity index (χ1) is 13.7. The van der Waals surface area contributed by atoms with Crippen molar-refractivity contribution in [1.29, 1.82) is 0 Å². The van der Waals surface area contributed by atoms with E-state index in [9.17, 15) is 13.2 Å². The molecule has 0 aromatic heterocycles. The van der Waals surface area contributed by atoms with Crippen molar-refractivity contribution in [3.8, 4) is 11.5 Å². The van der Waals surface area contributed by atoms with Gasteiger partial charge in [0.1, 0.15) is 4.90 Å². The molecule has 0 heterocycles. The quantitative estimate of drug-likeness (QED) is 0.634. The summed E-state index contributed by atoms with van der Waals surface area (Å²) in [7, 11) is -0.919. The Morgan fingerprint density at radius 2 is 1.69 bits per heavy atom. The van der Waals surface area contributed by atoms with E-state index in [-0.39, 0.29) is 26.2 Å². The molecule has 29 heavy (non-hydrogen) atoms. The number of methoxy groups -OCH3 is 2. The molecule has 0 aliphatic rings. The number of nitrogens with one attached hydrogen (secondary N) is 1. The third-order valence-electron chi connectivity index (χ3n) is 4.21. The Morgan fingerprint density at radius 3 is 2.24 bits per heavy atom. The molecular formula is C19H22Cl2N2O5S. The Labute approximate surface area is 180 Å². The number of hydrogen-bond donors (Lipinski definition) is 1. The highest BCUT2D eigenvalue weighted by Gasteiger charge is 2.25. The van der Waals surface area contributed by atoms with Crippen LogP contribution in [0.3, 0.4) is 0 Å². The lowest BCUT2D eigenvalue weighted by Gasteiger charge is -2.20. The summed E-state index contributed by atoms with van der Waals surface area (Å²) in [6.07, 6.45) is 0. The number of anilines is 1. The zero-order valence-corrected chi connectivity index (χ0v) is 18.8. The standard InChI is InChI=1S/C19H22Cl2N2O5S/c1-5-23(6-2)29(25,26)17-11-13(7-8-14(17)20)22-19(24)12-9-15(21)18(28-4)16(10-12)27-3/h7-11H,5-6H2,1-4H3,(H,22,24). The van der Waals surface area contributed by atoms with Gasteiger partial charge < -0.3 is 14.8 Å². The average Bonchev–Trinajstić information content (AvgIpc) is 2.69. The van der Waals surface area contributed by atoms with E-state index in [1.807, 2.05) is 0 Å². The van der Waals surface area contributed by atoms with Gasteiger partial charge in [0.25, 0.3) is 5.91 Å². The Hall–Kier alpha value is -2.00. The van der Waals surface area contributed by atoms with Gasteiger partial charge in [-0.1, -0.05) is 37.0 Å². The highest BCUT2D eigenvalue weighted by Crippen LogP contribution is 2.36. The van der Waals surface area contributed by atoms with E-state index in [0.29, 0.717) is 24.6 Å². The molecule has 2 aromatic rings. The maximum Gasteiger partial charge on any atom is 0.255 e. The van der Waals surface area contributed by atoms with Crippen LogP contribution in [-0.4, -0.2) is 45.9 Å². The Balaban J connectivity index is 2.39. The van der Waals surface area contributed by atoms with Crippen molar-refractivity contribution in [1.82, 2.24) is 4.31 Å². The van der Waals surface area contributed by atoms with E-state index in [1.54, 1.807) is 13.8 Å². The van der Waals surface area contributed by atoms with Crippen molar-refractivity contribution in [2.75, 3.05) is 32.6 Å². The number of sulfonamides is 1. The lowest BCUT2D eigenvalue weighted by molar-refractivity contribution is 0.102. The van der Waals surface area contributed by atoms with Gasteiger partial charge in [-0.15, -0.1) is 0 Å². The van der Waals surface area contributed by atoms with Crippen molar-refractivity contribution in [3.63, 3.8) is 0 Å². The summed E-state index contributed by atoms with van der Waals surface area (Å²) in [6, 6.07) is 7.18. The normalized spacial score (nSPS) is 11.4. The van der Waals surface area contributed by atoms with Gasteiger partial charge in [0.15, 0.2) is 11.5 Å². The first-order valence-electron chi connectivity index (χ1n) is 8.72. The summed E-state index contributed by atoms with van der Waals surface area (Å²) in [5, 5.41) is 2.93. The number of benzene rings is 2. The molecule has 0 aliphatic carbocycles. The van der Waals surface area contributed by atoms with Gasteiger partial charge in [0, 0.05) is 24.3 Å². The number of amides is 1. The van der Waals surface area contributed by atoms with E-state index in [4.69, 9.17) is 32.7 Å². The van der Waals surface area contributed by atoms with Crippen LogP contribution in [0.15, 0.2) is 35.2 Å². The van der Waals surface area contributed by atoms with Crippen LogP contribution in [0.4, 0.5) is 5.69 Å². The molecule has 1 N–H and O–H groups in total. The van der Waals surface area contributed by atoms with Crippen molar-refractivity contribution in [2.45, 2.75) is 18.7 Å². The van der Waals surface area contributed by atoms with E-state index in [1.165, 1.54) is 48.9 Å². The maximum absolute atomic E-state index is 12.8. The number of rotatable bonds is 8. The van der Waals surface area contributed by atoms with Crippen LogP contribution >= 0.6 is 23.2 Å². The summed E-state index contributed by atoms with van der Waals surface area (Å²) >= 11 is 12.3. The molecule has 0 bridgehead atoms. The molecule has 7 nitrogen and oxygen atoms in total. The number of nitrogens with zero attached hydrogens (tertiary/aromatic N) is 1. The smallest absolute Gasteiger partial charge is 0.255 e. The minimum Gasteiger partial charge on any atom is -0.493 e. The third kappa shape index (κ3) is 4.95. The van der Waals surface area contributed by atoms with E-state index >= 15 is 0 Å². The molecular weight excluding hydrogens is 439 g/mol. The van der Waals surface area contributed by atoms with Gasteiger partial charge in [-0.2, -0.15) is 4.31 Å². The molecule has 0 spiro atoms. The number of hydrogen-bond acceptors (Lipinski definition) is 5. The molecule has 158 valence electrons. The zero-order chi connectivity index (χ0) is 21.8. The number of carbonyl (C=O) groups excluding carboxylic acids is 1. The van der Waals surface area contributed by atoms with Crippen molar-refractivity contribution in [2.24, 2.45) is 0 Å². The SMILES string of the molecule is CCN(CC)S(=O)(=O)c1cc(NC(=O)c2cc(Cl)c(OC)c(OC)c2)ccc1Cl. The summed E-state index contributed by atoms with van der Waals surface area (Å²) < 4.78 is 37.2. The minimum atomic E-state index is -3.79. The van der Waals surface area contributed by atoms with Crippen LogP contribution in [0.1, 0.15) is 24.2 Å². The van der Waals surface area contributed by atoms with Crippen LogP contribution in [0.2, 0.25) is 10.0 Å². The van der Waals surface area contributed by atoms with Crippen LogP contribution < -0.4 is 14.8 Å². The summed E-state index contributed by atoms with van der Waals surface area (Å²) in [6.45, 7) is 4.08. The van der Waals surface area contributed by atoms with Gasteiger partial charge in [-0.25, -0.2) is 8.42 Å². The van der Waals surface area contributed by atoms with Gasteiger partial charge in [-0.3, -0.25) is 4.79 Å². The molecule has 0 saturated carbocycles. The fraction of sp³-hybridized carbons (Fsp3) is 0.316. The summed E-state index contributed by atoms with van der Waals surface area (Å²) in [4.78, 5) is 12.6. The molecule has 0 unspecified atom stereocenters. The van der Waals surface area contributed by atoms with Crippen LogP contribution in [0.5, 0.6) is 11.5 Å². The van der Waals surface area contributed by atoms with E-state index in [0.717, 1.165) is 0 Å². The first-order valence-corrected chi connectivity index (χ1v) is 10.9. The Bertz CT molecular complexity index is 1010. The van der Waals surface area contributed by atoms with Gasteiger partial charge >= 0.3 is 0 Å². The monoisotopic (exact) mass is 460 g/mol. The first kappa shape index (κ1) is 23.3. The maximum atomic E-state index is 12.8. The Morgan fingerprint density at radius 1 is 1.03 bits per heavy atom. The second kappa shape index (κ2) is 9.67. The van der Waals surface area contributed by atoms with Crippen molar-refractivity contribution >= 4 is 44.8 Å². The largest absolute Gasteiger partial charge is 0.493 e.